The first-order valence-corrected chi connectivity index (χ1v) is 5.12. The van der Waals surface area contributed by atoms with Crippen molar-refractivity contribution >= 4 is 22.8 Å². The third-order valence-corrected chi connectivity index (χ3v) is 2.27. The zero-order chi connectivity index (χ0) is 12.3. The van der Waals surface area contributed by atoms with Gasteiger partial charge in [-0.25, -0.2) is 9.97 Å². The summed E-state index contributed by atoms with van der Waals surface area (Å²) in [6.07, 6.45) is 1.57. The number of nitrogens with two attached hydrogens (primary N) is 1. The highest BCUT2D eigenvalue weighted by molar-refractivity contribution is 6.05. The maximum Gasteiger partial charge on any atom is 0.253 e. The molecule has 1 heterocycles. The SMILES string of the molecule is Nc1ncc2cccc(C(=O)NCCO)c2n1. The number of nitrogens with one attached hydrogen (secondary N) is 1. The highest BCUT2D eigenvalue weighted by atomic mass is 16.3. The van der Waals surface area contributed by atoms with Gasteiger partial charge in [-0.15, -0.1) is 0 Å². The minimum atomic E-state index is -0.289. The monoisotopic (exact) mass is 232 g/mol. The standard InChI is InChI=1S/C11H12N4O2/c12-11-14-6-7-2-1-3-8(9(7)15-11)10(17)13-4-5-16/h1-3,6,16H,4-5H2,(H,13,17)(H2,12,14,15). The minimum absolute atomic E-state index is 0.104. The lowest BCUT2D eigenvalue weighted by Gasteiger charge is -2.06. The van der Waals surface area contributed by atoms with Gasteiger partial charge < -0.3 is 16.2 Å². The Morgan fingerprint density at radius 2 is 2.29 bits per heavy atom. The van der Waals surface area contributed by atoms with Crippen molar-refractivity contribution in [3.63, 3.8) is 0 Å². The number of nitrogen functional groups attached to an aromatic ring is 1. The molecule has 6 heteroatoms. The normalized spacial score (nSPS) is 10.4. The number of amides is 1. The van der Waals surface area contributed by atoms with E-state index in [0.29, 0.717) is 11.1 Å². The van der Waals surface area contributed by atoms with Gasteiger partial charge in [-0.1, -0.05) is 12.1 Å². The number of para-hydroxylation sites is 1. The van der Waals surface area contributed by atoms with E-state index >= 15 is 0 Å². The largest absolute Gasteiger partial charge is 0.395 e. The maximum atomic E-state index is 11.8. The molecule has 6 nitrogen and oxygen atoms in total. The first-order valence-electron chi connectivity index (χ1n) is 5.12. The molecule has 4 N–H and O–H groups in total. The van der Waals surface area contributed by atoms with Gasteiger partial charge in [0.15, 0.2) is 0 Å². The molecule has 1 aromatic heterocycles. The number of aliphatic hydroxyl groups is 1. The van der Waals surface area contributed by atoms with Gasteiger partial charge in [-0.2, -0.15) is 0 Å². The second-order valence-corrected chi connectivity index (χ2v) is 3.45. The molecule has 88 valence electrons. The van der Waals surface area contributed by atoms with Gasteiger partial charge in [0.05, 0.1) is 17.7 Å². The Balaban J connectivity index is 2.46. The van der Waals surface area contributed by atoms with Gasteiger partial charge in [0.2, 0.25) is 5.95 Å². The van der Waals surface area contributed by atoms with Crippen molar-refractivity contribution in [3.05, 3.63) is 30.0 Å². The zero-order valence-corrected chi connectivity index (χ0v) is 9.05. The molecule has 0 bridgehead atoms. The van der Waals surface area contributed by atoms with E-state index in [1.165, 1.54) is 0 Å². The average Bonchev–Trinajstić information content (AvgIpc) is 2.35. The van der Waals surface area contributed by atoms with Crippen LogP contribution in [0.5, 0.6) is 0 Å². The lowest BCUT2D eigenvalue weighted by molar-refractivity contribution is 0.0946. The third-order valence-electron chi connectivity index (χ3n) is 2.27. The predicted molar refractivity (Wildman–Crippen MR) is 63.4 cm³/mol. The molecule has 17 heavy (non-hydrogen) atoms. The number of aliphatic hydroxyl groups excluding tert-OH is 1. The number of rotatable bonds is 3. The van der Waals surface area contributed by atoms with Gasteiger partial charge >= 0.3 is 0 Å². The molecule has 0 radical (unpaired) electrons. The molecule has 0 aliphatic carbocycles. The maximum absolute atomic E-state index is 11.8. The summed E-state index contributed by atoms with van der Waals surface area (Å²) < 4.78 is 0. The number of carbonyl (C=O) groups excluding carboxylic acids is 1. The number of hydrogen-bond donors (Lipinski definition) is 3. The quantitative estimate of drug-likeness (QED) is 0.687. The van der Waals surface area contributed by atoms with E-state index in [1.54, 1.807) is 24.4 Å². The van der Waals surface area contributed by atoms with E-state index in [9.17, 15) is 4.79 Å². The number of nitrogens with zero attached hydrogens (tertiary/aromatic N) is 2. The van der Waals surface area contributed by atoms with Gasteiger partial charge in [0.25, 0.3) is 5.91 Å². The van der Waals surface area contributed by atoms with E-state index in [2.05, 4.69) is 15.3 Å². The molecule has 1 aromatic carbocycles. The summed E-state index contributed by atoms with van der Waals surface area (Å²) in [6, 6.07) is 5.20. The van der Waals surface area contributed by atoms with Crippen molar-refractivity contribution < 1.29 is 9.90 Å². The summed E-state index contributed by atoms with van der Waals surface area (Å²) >= 11 is 0. The predicted octanol–water partition coefficient (Wildman–Crippen LogP) is -0.0659. The fourth-order valence-electron chi connectivity index (χ4n) is 1.52. The lowest BCUT2D eigenvalue weighted by atomic mass is 10.1. The Kier molecular flexibility index (Phi) is 3.15. The number of anilines is 1. The van der Waals surface area contributed by atoms with Crippen LogP contribution >= 0.6 is 0 Å². The van der Waals surface area contributed by atoms with Crippen LogP contribution in [0.3, 0.4) is 0 Å². The second-order valence-electron chi connectivity index (χ2n) is 3.45. The van der Waals surface area contributed by atoms with E-state index in [4.69, 9.17) is 10.8 Å². The van der Waals surface area contributed by atoms with E-state index < -0.39 is 0 Å². The van der Waals surface area contributed by atoms with E-state index in [-0.39, 0.29) is 25.0 Å². The van der Waals surface area contributed by atoms with Crippen molar-refractivity contribution in [1.82, 2.24) is 15.3 Å². The van der Waals surface area contributed by atoms with Crippen molar-refractivity contribution in [3.8, 4) is 0 Å². The molecule has 0 saturated heterocycles. The Bertz CT molecular complexity index is 556. The summed E-state index contributed by atoms with van der Waals surface area (Å²) in [5.41, 5.74) is 6.43. The molecule has 0 aliphatic heterocycles. The number of fused-ring (bicyclic) bond motifs is 1. The van der Waals surface area contributed by atoms with Crippen LogP contribution in [-0.2, 0) is 0 Å². The molecule has 0 unspecified atom stereocenters. The van der Waals surface area contributed by atoms with Crippen molar-refractivity contribution in [2.75, 3.05) is 18.9 Å². The average molecular weight is 232 g/mol. The smallest absolute Gasteiger partial charge is 0.253 e. The van der Waals surface area contributed by atoms with E-state index in [1.807, 2.05) is 0 Å². The minimum Gasteiger partial charge on any atom is -0.395 e. The summed E-state index contributed by atoms with van der Waals surface area (Å²) in [6.45, 7) is 0.101. The fraction of sp³-hybridized carbons (Fsp3) is 0.182. The first kappa shape index (κ1) is 11.3. The Morgan fingerprint density at radius 1 is 1.47 bits per heavy atom. The zero-order valence-electron chi connectivity index (χ0n) is 9.05. The number of hydrogen-bond acceptors (Lipinski definition) is 5. The third kappa shape index (κ3) is 2.31. The molecule has 1 amide bonds. The van der Waals surface area contributed by atoms with Gasteiger partial charge in [0.1, 0.15) is 0 Å². The molecule has 2 aromatic rings. The highest BCUT2D eigenvalue weighted by Crippen LogP contribution is 2.16. The molecule has 0 aliphatic rings. The molecular weight excluding hydrogens is 220 g/mol. The lowest BCUT2D eigenvalue weighted by Crippen LogP contribution is -2.26. The number of carbonyl (C=O) groups is 1. The molecule has 0 spiro atoms. The van der Waals surface area contributed by atoms with Gasteiger partial charge in [-0.05, 0) is 6.07 Å². The van der Waals surface area contributed by atoms with Crippen LogP contribution in [0.2, 0.25) is 0 Å². The highest BCUT2D eigenvalue weighted by Gasteiger charge is 2.10. The second kappa shape index (κ2) is 4.75. The van der Waals surface area contributed by atoms with Crippen molar-refractivity contribution in [2.45, 2.75) is 0 Å². The van der Waals surface area contributed by atoms with Crippen LogP contribution in [0.25, 0.3) is 10.9 Å². The number of aromatic nitrogens is 2. The Labute approximate surface area is 97.5 Å². The summed E-state index contributed by atoms with van der Waals surface area (Å²) in [4.78, 5) is 19.7. The van der Waals surface area contributed by atoms with Crippen LogP contribution in [0.15, 0.2) is 24.4 Å². The van der Waals surface area contributed by atoms with Crippen molar-refractivity contribution in [2.24, 2.45) is 0 Å². The van der Waals surface area contributed by atoms with Crippen molar-refractivity contribution in [1.29, 1.82) is 0 Å². The Morgan fingerprint density at radius 3 is 3.06 bits per heavy atom. The summed E-state index contributed by atoms with van der Waals surface area (Å²) in [5.74, 6) is -0.164. The van der Waals surface area contributed by atoms with Crippen LogP contribution in [0, 0.1) is 0 Å². The molecule has 0 fully saturated rings. The summed E-state index contributed by atoms with van der Waals surface area (Å²) in [5, 5.41) is 12.0. The van der Waals surface area contributed by atoms with E-state index in [0.717, 1.165) is 5.39 Å². The molecular formula is C11H12N4O2. The summed E-state index contributed by atoms with van der Waals surface area (Å²) in [7, 11) is 0. The molecule has 2 rings (SSSR count). The van der Waals surface area contributed by atoms with Crippen LogP contribution < -0.4 is 11.1 Å². The van der Waals surface area contributed by atoms with Crippen LogP contribution in [-0.4, -0.2) is 34.1 Å². The number of benzene rings is 1. The van der Waals surface area contributed by atoms with Gasteiger partial charge in [0, 0.05) is 18.1 Å². The Hall–Kier alpha value is -2.21. The van der Waals surface area contributed by atoms with Gasteiger partial charge in [-0.3, -0.25) is 4.79 Å². The van der Waals surface area contributed by atoms with Crippen LogP contribution in [0.1, 0.15) is 10.4 Å². The first-order chi connectivity index (χ1) is 8.22. The molecule has 0 saturated carbocycles. The molecule has 0 atom stereocenters. The fourth-order valence-corrected chi connectivity index (χ4v) is 1.52. The topological polar surface area (TPSA) is 101 Å². The van der Waals surface area contributed by atoms with Crippen LogP contribution in [0.4, 0.5) is 5.95 Å².